The highest BCUT2D eigenvalue weighted by atomic mass is 16.7. The molecule has 14 heavy (non-hydrogen) atoms. The standard InChI is InChI=1S/C11H18O3/c1-8-7-10-9(5-4-6-12-8)13-11(2,3)14-10/h4-5,8-10H,6-7H2,1-3H3/b5-4-/t8-,9+,10-/m1/s1. The summed E-state index contributed by atoms with van der Waals surface area (Å²) in [5.74, 6) is -0.455. The van der Waals surface area contributed by atoms with Crippen molar-refractivity contribution in [1.82, 2.24) is 0 Å². The van der Waals surface area contributed by atoms with Gasteiger partial charge >= 0.3 is 0 Å². The van der Waals surface area contributed by atoms with Gasteiger partial charge in [0.2, 0.25) is 0 Å². The first kappa shape index (κ1) is 10.1. The van der Waals surface area contributed by atoms with Crippen LogP contribution in [0.4, 0.5) is 0 Å². The van der Waals surface area contributed by atoms with E-state index in [9.17, 15) is 0 Å². The topological polar surface area (TPSA) is 27.7 Å². The van der Waals surface area contributed by atoms with Crippen molar-refractivity contribution < 1.29 is 14.2 Å². The first-order valence-electron chi connectivity index (χ1n) is 5.21. The second-order valence-electron chi connectivity index (χ2n) is 4.45. The van der Waals surface area contributed by atoms with E-state index in [2.05, 4.69) is 6.92 Å². The fourth-order valence-corrected chi connectivity index (χ4v) is 2.01. The third-order valence-corrected chi connectivity index (χ3v) is 2.59. The maximum absolute atomic E-state index is 5.81. The molecule has 0 spiro atoms. The summed E-state index contributed by atoms with van der Waals surface area (Å²) in [4.78, 5) is 0. The molecule has 3 heteroatoms. The highest BCUT2D eigenvalue weighted by molar-refractivity contribution is 5.00. The lowest BCUT2D eigenvalue weighted by atomic mass is 10.1. The van der Waals surface area contributed by atoms with Gasteiger partial charge in [0.1, 0.15) is 6.10 Å². The van der Waals surface area contributed by atoms with Crippen LogP contribution in [0.2, 0.25) is 0 Å². The SMILES string of the molecule is C[C@@H]1C[C@H]2OC(C)(C)O[C@H]2/C=C\CO1. The van der Waals surface area contributed by atoms with E-state index in [-0.39, 0.29) is 18.3 Å². The smallest absolute Gasteiger partial charge is 0.164 e. The monoisotopic (exact) mass is 198 g/mol. The molecule has 3 nitrogen and oxygen atoms in total. The van der Waals surface area contributed by atoms with Crippen LogP contribution in [0.3, 0.4) is 0 Å². The average molecular weight is 198 g/mol. The second-order valence-corrected chi connectivity index (χ2v) is 4.45. The van der Waals surface area contributed by atoms with Gasteiger partial charge in [-0.15, -0.1) is 0 Å². The first-order valence-corrected chi connectivity index (χ1v) is 5.21. The fraction of sp³-hybridized carbons (Fsp3) is 0.818. The molecule has 0 radical (unpaired) electrons. The molecule has 0 aromatic carbocycles. The molecule has 80 valence electrons. The summed E-state index contributed by atoms with van der Waals surface area (Å²) in [6, 6.07) is 0. The molecule has 0 aromatic rings. The molecule has 3 atom stereocenters. The van der Waals surface area contributed by atoms with E-state index in [4.69, 9.17) is 14.2 Å². The van der Waals surface area contributed by atoms with Gasteiger partial charge in [0.05, 0.1) is 18.8 Å². The quantitative estimate of drug-likeness (QED) is 0.556. The molecule has 0 aromatic heterocycles. The van der Waals surface area contributed by atoms with Crippen molar-refractivity contribution in [1.29, 1.82) is 0 Å². The minimum Gasteiger partial charge on any atom is -0.374 e. The van der Waals surface area contributed by atoms with Crippen molar-refractivity contribution in [3.63, 3.8) is 0 Å². The van der Waals surface area contributed by atoms with E-state index >= 15 is 0 Å². The minimum atomic E-state index is -0.455. The van der Waals surface area contributed by atoms with Gasteiger partial charge < -0.3 is 14.2 Å². The summed E-state index contributed by atoms with van der Waals surface area (Å²) in [5.41, 5.74) is 0. The highest BCUT2D eigenvalue weighted by Gasteiger charge is 2.40. The zero-order valence-corrected chi connectivity index (χ0v) is 9.03. The van der Waals surface area contributed by atoms with Crippen LogP contribution in [0.25, 0.3) is 0 Å². The summed E-state index contributed by atoms with van der Waals surface area (Å²) in [7, 11) is 0. The summed E-state index contributed by atoms with van der Waals surface area (Å²) >= 11 is 0. The Morgan fingerprint density at radius 1 is 1.29 bits per heavy atom. The summed E-state index contributed by atoms with van der Waals surface area (Å²) in [6.45, 7) is 6.66. The maximum atomic E-state index is 5.81. The van der Waals surface area contributed by atoms with Crippen molar-refractivity contribution in [2.24, 2.45) is 0 Å². The zero-order valence-electron chi connectivity index (χ0n) is 9.03. The van der Waals surface area contributed by atoms with E-state index in [0.717, 1.165) is 6.42 Å². The van der Waals surface area contributed by atoms with E-state index in [1.165, 1.54) is 0 Å². The summed E-state index contributed by atoms with van der Waals surface area (Å²) in [6.07, 6.45) is 5.43. The molecular weight excluding hydrogens is 180 g/mol. The molecule has 2 heterocycles. The fourth-order valence-electron chi connectivity index (χ4n) is 2.01. The molecule has 0 aliphatic carbocycles. The van der Waals surface area contributed by atoms with Crippen molar-refractivity contribution in [2.45, 2.75) is 51.3 Å². The molecule has 0 amide bonds. The van der Waals surface area contributed by atoms with Crippen LogP contribution in [0.15, 0.2) is 12.2 Å². The van der Waals surface area contributed by atoms with Crippen LogP contribution in [-0.4, -0.2) is 30.7 Å². The van der Waals surface area contributed by atoms with Crippen molar-refractivity contribution in [2.75, 3.05) is 6.61 Å². The first-order chi connectivity index (χ1) is 6.57. The van der Waals surface area contributed by atoms with Gasteiger partial charge in [-0.05, 0) is 20.8 Å². The Labute approximate surface area is 85.0 Å². The van der Waals surface area contributed by atoms with Crippen LogP contribution in [0, 0.1) is 0 Å². The Morgan fingerprint density at radius 2 is 2.07 bits per heavy atom. The Hall–Kier alpha value is -0.380. The molecule has 0 N–H and O–H groups in total. The van der Waals surface area contributed by atoms with Crippen LogP contribution in [0.1, 0.15) is 27.2 Å². The van der Waals surface area contributed by atoms with Crippen molar-refractivity contribution in [3.8, 4) is 0 Å². The van der Waals surface area contributed by atoms with E-state index in [1.807, 2.05) is 26.0 Å². The number of fused-ring (bicyclic) bond motifs is 1. The molecule has 1 fully saturated rings. The molecule has 1 saturated heterocycles. The number of rotatable bonds is 0. The molecule has 0 bridgehead atoms. The normalized spacial score (nSPS) is 43.8. The number of hydrogen-bond donors (Lipinski definition) is 0. The minimum absolute atomic E-state index is 0.0938. The lowest BCUT2D eigenvalue weighted by Crippen LogP contribution is -2.28. The predicted molar refractivity (Wildman–Crippen MR) is 53.0 cm³/mol. The third-order valence-electron chi connectivity index (χ3n) is 2.59. The Balaban J connectivity index is 2.10. The predicted octanol–water partition coefficient (Wildman–Crippen LogP) is 1.87. The maximum Gasteiger partial charge on any atom is 0.164 e. The van der Waals surface area contributed by atoms with E-state index < -0.39 is 5.79 Å². The van der Waals surface area contributed by atoms with Crippen LogP contribution >= 0.6 is 0 Å². The van der Waals surface area contributed by atoms with Crippen LogP contribution in [-0.2, 0) is 14.2 Å². The van der Waals surface area contributed by atoms with Gasteiger partial charge in [0.15, 0.2) is 5.79 Å². The van der Waals surface area contributed by atoms with Gasteiger partial charge in [0, 0.05) is 6.42 Å². The Bertz CT molecular complexity index is 235. The Kier molecular flexibility index (Phi) is 2.64. The summed E-state index contributed by atoms with van der Waals surface area (Å²) in [5, 5.41) is 0. The van der Waals surface area contributed by atoms with E-state index in [0.29, 0.717) is 6.61 Å². The van der Waals surface area contributed by atoms with Crippen molar-refractivity contribution >= 4 is 0 Å². The van der Waals surface area contributed by atoms with Gasteiger partial charge in [-0.25, -0.2) is 0 Å². The molecule has 2 rings (SSSR count). The summed E-state index contributed by atoms with van der Waals surface area (Å²) < 4.78 is 17.1. The Morgan fingerprint density at radius 3 is 2.86 bits per heavy atom. The van der Waals surface area contributed by atoms with Gasteiger partial charge in [-0.1, -0.05) is 12.2 Å². The number of ether oxygens (including phenoxy) is 3. The van der Waals surface area contributed by atoms with E-state index in [1.54, 1.807) is 0 Å². The second kappa shape index (κ2) is 3.65. The molecular formula is C11H18O3. The van der Waals surface area contributed by atoms with Crippen molar-refractivity contribution in [3.05, 3.63) is 12.2 Å². The van der Waals surface area contributed by atoms with Gasteiger partial charge in [0.25, 0.3) is 0 Å². The largest absolute Gasteiger partial charge is 0.374 e. The lowest BCUT2D eigenvalue weighted by molar-refractivity contribution is -0.145. The highest BCUT2D eigenvalue weighted by Crippen LogP contribution is 2.32. The molecule has 0 unspecified atom stereocenters. The van der Waals surface area contributed by atoms with Crippen LogP contribution < -0.4 is 0 Å². The average Bonchev–Trinajstić information content (AvgIpc) is 2.31. The zero-order chi connectivity index (χ0) is 10.2. The number of hydrogen-bond acceptors (Lipinski definition) is 3. The lowest BCUT2D eigenvalue weighted by Gasteiger charge is -2.21. The van der Waals surface area contributed by atoms with Gasteiger partial charge in [-0.3, -0.25) is 0 Å². The molecule has 0 saturated carbocycles. The molecule has 2 aliphatic rings. The van der Waals surface area contributed by atoms with Crippen LogP contribution in [0.5, 0.6) is 0 Å². The third kappa shape index (κ3) is 2.16. The van der Waals surface area contributed by atoms with Gasteiger partial charge in [-0.2, -0.15) is 0 Å². The molecule has 2 aliphatic heterocycles.